The lowest BCUT2D eigenvalue weighted by Crippen LogP contribution is -2.04. The van der Waals surface area contributed by atoms with E-state index in [4.69, 9.17) is 4.74 Å². The molecule has 0 fully saturated rings. The van der Waals surface area contributed by atoms with Crippen LogP contribution in [0.4, 0.5) is 0 Å². The van der Waals surface area contributed by atoms with Crippen LogP contribution in [0.2, 0.25) is 0 Å². The molecule has 0 aromatic carbocycles. The normalized spacial score (nSPS) is 21.9. The van der Waals surface area contributed by atoms with E-state index in [0.717, 1.165) is 12.8 Å². The summed E-state index contributed by atoms with van der Waals surface area (Å²) >= 11 is 0. The molecule has 0 N–H and O–H groups in total. The van der Waals surface area contributed by atoms with Crippen molar-refractivity contribution in [2.24, 2.45) is 0 Å². The first-order chi connectivity index (χ1) is 7.89. The van der Waals surface area contributed by atoms with E-state index in [9.17, 15) is 4.79 Å². The van der Waals surface area contributed by atoms with Crippen molar-refractivity contribution in [1.82, 2.24) is 0 Å². The molecular formula is C14H24O2. The number of ether oxygens (including phenoxy) is 1. The molecule has 0 saturated heterocycles. The van der Waals surface area contributed by atoms with Crippen LogP contribution in [0.15, 0.2) is 12.2 Å². The predicted molar refractivity (Wildman–Crippen MR) is 66.3 cm³/mol. The summed E-state index contributed by atoms with van der Waals surface area (Å²) in [6.07, 6.45) is 15.7. The van der Waals surface area contributed by atoms with Crippen molar-refractivity contribution in [3.05, 3.63) is 12.2 Å². The monoisotopic (exact) mass is 224 g/mol. The Hall–Kier alpha value is -0.790. The van der Waals surface area contributed by atoms with Gasteiger partial charge in [-0.3, -0.25) is 4.79 Å². The summed E-state index contributed by atoms with van der Waals surface area (Å²) in [7, 11) is 0. The molecule has 0 saturated carbocycles. The van der Waals surface area contributed by atoms with Gasteiger partial charge in [-0.2, -0.15) is 0 Å². The maximum atomic E-state index is 11.3. The maximum absolute atomic E-state index is 11.3. The molecule has 0 aromatic heterocycles. The summed E-state index contributed by atoms with van der Waals surface area (Å²) in [5.74, 6) is -0.0247. The molecular weight excluding hydrogens is 200 g/mol. The molecule has 1 aliphatic rings. The van der Waals surface area contributed by atoms with Gasteiger partial charge in [0.2, 0.25) is 0 Å². The maximum Gasteiger partial charge on any atom is 0.305 e. The van der Waals surface area contributed by atoms with Crippen molar-refractivity contribution in [1.29, 1.82) is 0 Å². The highest BCUT2D eigenvalue weighted by molar-refractivity contribution is 5.69. The van der Waals surface area contributed by atoms with Gasteiger partial charge < -0.3 is 4.74 Å². The SMILES string of the molecule is O=C1CCCCCCCCCC=CCCO1. The Morgan fingerprint density at radius 1 is 0.812 bits per heavy atom. The number of allylic oxidation sites excluding steroid dienone is 1. The minimum atomic E-state index is -0.0247. The zero-order valence-corrected chi connectivity index (χ0v) is 10.2. The molecule has 0 unspecified atom stereocenters. The van der Waals surface area contributed by atoms with Crippen molar-refractivity contribution in [2.75, 3.05) is 6.61 Å². The second kappa shape index (κ2) is 9.44. The molecule has 0 spiro atoms. The average molecular weight is 224 g/mol. The van der Waals surface area contributed by atoms with E-state index in [1.807, 2.05) is 0 Å². The molecule has 0 amide bonds. The van der Waals surface area contributed by atoms with Crippen LogP contribution in [0.3, 0.4) is 0 Å². The Morgan fingerprint density at radius 2 is 1.44 bits per heavy atom. The number of carbonyl (C=O) groups is 1. The molecule has 1 aliphatic heterocycles. The summed E-state index contributed by atoms with van der Waals surface area (Å²) in [5, 5.41) is 0. The smallest absolute Gasteiger partial charge is 0.305 e. The highest BCUT2D eigenvalue weighted by Crippen LogP contribution is 2.11. The number of hydrogen-bond acceptors (Lipinski definition) is 2. The van der Waals surface area contributed by atoms with E-state index in [1.165, 1.54) is 44.9 Å². The molecule has 0 bridgehead atoms. The Kier molecular flexibility index (Phi) is 7.83. The average Bonchev–Trinajstić information content (AvgIpc) is 2.29. The largest absolute Gasteiger partial charge is 0.465 e. The summed E-state index contributed by atoms with van der Waals surface area (Å²) in [6.45, 7) is 0.551. The number of rotatable bonds is 0. The van der Waals surface area contributed by atoms with Crippen LogP contribution < -0.4 is 0 Å². The minimum absolute atomic E-state index is 0.0247. The second-order valence-electron chi connectivity index (χ2n) is 4.49. The van der Waals surface area contributed by atoms with Crippen molar-refractivity contribution in [3.8, 4) is 0 Å². The van der Waals surface area contributed by atoms with Gasteiger partial charge in [-0.15, -0.1) is 0 Å². The van der Waals surface area contributed by atoms with Gasteiger partial charge in [0.25, 0.3) is 0 Å². The molecule has 2 heteroatoms. The Balaban J connectivity index is 2.20. The Bertz CT molecular complexity index is 209. The lowest BCUT2D eigenvalue weighted by molar-refractivity contribution is -0.143. The van der Waals surface area contributed by atoms with E-state index < -0.39 is 0 Å². The first-order valence-corrected chi connectivity index (χ1v) is 6.70. The van der Waals surface area contributed by atoms with Crippen LogP contribution in [0.1, 0.15) is 64.2 Å². The zero-order valence-electron chi connectivity index (χ0n) is 10.2. The Labute approximate surface area is 99.1 Å². The molecule has 92 valence electrons. The van der Waals surface area contributed by atoms with E-state index in [1.54, 1.807) is 0 Å². The highest BCUT2D eigenvalue weighted by atomic mass is 16.5. The van der Waals surface area contributed by atoms with Crippen molar-refractivity contribution in [2.45, 2.75) is 64.2 Å². The van der Waals surface area contributed by atoms with Crippen LogP contribution in [0.25, 0.3) is 0 Å². The molecule has 0 aliphatic carbocycles. The van der Waals surface area contributed by atoms with Gasteiger partial charge in [-0.1, -0.05) is 44.3 Å². The molecule has 1 heterocycles. The number of esters is 1. The van der Waals surface area contributed by atoms with E-state index in [2.05, 4.69) is 12.2 Å². The first-order valence-electron chi connectivity index (χ1n) is 6.70. The fourth-order valence-electron chi connectivity index (χ4n) is 1.96. The number of hydrogen-bond donors (Lipinski definition) is 0. The third-order valence-corrected chi connectivity index (χ3v) is 2.97. The highest BCUT2D eigenvalue weighted by Gasteiger charge is 2.01. The van der Waals surface area contributed by atoms with E-state index in [0.29, 0.717) is 13.0 Å². The lowest BCUT2D eigenvalue weighted by atomic mass is 10.1. The molecule has 1 rings (SSSR count). The fourth-order valence-corrected chi connectivity index (χ4v) is 1.96. The topological polar surface area (TPSA) is 26.3 Å². The van der Waals surface area contributed by atoms with Crippen LogP contribution in [0, 0.1) is 0 Å². The zero-order chi connectivity index (χ0) is 11.5. The lowest BCUT2D eigenvalue weighted by Gasteiger charge is -2.02. The Morgan fingerprint density at radius 3 is 2.25 bits per heavy atom. The summed E-state index contributed by atoms with van der Waals surface area (Å²) in [5.41, 5.74) is 0. The quantitative estimate of drug-likeness (QED) is 0.459. The van der Waals surface area contributed by atoms with Crippen molar-refractivity contribution >= 4 is 5.97 Å². The number of carbonyl (C=O) groups excluding carboxylic acids is 1. The fraction of sp³-hybridized carbons (Fsp3) is 0.786. The molecule has 16 heavy (non-hydrogen) atoms. The standard InChI is InChI=1S/C14H24O2/c15-14-12-10-8-6-4-2-1-3-5-7-9-11-13-16-14/h7,9H,1-6,8,10-13H2. The van der Waals surface area contributed by atoms with Gasteiger partial charge in [-0.25, -0.2) is 0 Å². The second-order valence-corrected chi connectivity index (χ2v) is 4.49. The van der Waals surface area contributed by atoms with Crippen LogP contribution in [-0.2, 0) is 9.53 Å². The molecule has 0 aromatic rings. The number of cyclic esters (lactones) is 1. The van der Waals surface area contributed by atoms with Crippen LogP contribution in [0.5, 0.6) is 0 Å². The molecule has 0 atom stereocenters. The van der Waals surface area contributed by atoms with Gasteiger partial charge >= 0.3 is 5.97 Å². The van der Waals surface area contributed by atoms with Crippen molar-refractivity contribution < 1.29 is 9.53 Å². The third kappa shape index (κ3) is 7.49. The molecule has 2 nitrogen and oxygen atoms in total. The van der Waals surface area contributed by atoms with Crippen molar-refractivity contribution in [3.63, 3.8) is 0 Å². The minimum Gasteiger partial charge on any atom is -0.465 e. The van der Waals surface area contributed by atoms with E-state index in [-0.39, 0.29) is 5.97 Å². The summed E-state index contributed by atoms with van der Waals surface area (Å²) < 4.78 is 5.13. The molecule has 0 radical (unpaired) electrons. The van der Waals surface area contributed by atoms with Crippen LogP contribution in [-0.4, -0.2) is 12.6 Å². The van der Waals surface area contributed by atoms with Gasteiger partial charge in [0.05, 0.1) is 6.61 Å². The van der Waals surface area contributed by atoms with E-state index >= 15 is 0 Å². The third-order valence-electron chi connectivity index (χ3n) is 2.97. The van der Waals surface area contributed by atoms with Gasteiger partial charge in [0.1, 0.15) is 0 Å². The first kappa shape index (κ1) is 13.3. The predicted octanol–water partition coefficient (Wildman–Crippen LogP) is 4.00. The van der Waals surface area contributed by atoms with Gasteiger partial charge in [-0.05, 0) is 25.7 Å². The van der Waals surface area contributed by atoms with Gasteiger partial charge in [0.15, 0.2) is 0 Å². The van der Waals surface area contributed by atoms with Crippen LogP contribution >= 0.6 is 0 Å². The summed E-state index contributed by atoms with van der Waals surface area (Å²) in [4.78, 5) is 11.3. The summed E-state index contributed by atoms with van der Waals surface area (Å²) in [6, 6.07) is 0. The van der Waals surface area contributed by atoms with Gasteiger partial charge in [0, 0.05) is 6.42 Å².